The maximum absolute atomic E-state index is 9.42. The highest BCUT2D eigenvalue weighted by Crippen LogP contribution is 2.41. The molecule has 0 saturated heterocycles. The summed E-state index contributed by atoms with van der Waals surface area (Å²) in [5.74, 6) is 1.41. The van der Waals surface area contributed by atoms with Gasteiger partial charge in [-0.3, -0.25) is 5.32 Å². The van der Waals surface area contributed by atoms with Gasteiger partial charge in [-0.2, -0.15) is 10.5 Å². The number of fused-ring (bicyclic) bond motifs is 1. The predicted octanol–water partition coefficient (Wildman–Crippen LogP) is 2.94. The lowest BCUT2D eigenvalue weighted by molar-refractivity contribution is 0.304. The SMILES string of the molecule is CCCCCOc1ccc(C2N=C(NC#N)Nc3nc(N)c(C#N)c(N)c32)cc1C. The Bertz CT molecular complexity index is 1060. The van der Waals surface area contributed by atoms with Crippen LogP contribution in [-0.4, -0.2) is 17.6 Å². The van der Waals surface area contributed by atoms with Gasteiger partial charge in [-0.25, -0.2) is 9.98 Å². The number of rotatable bonds is 6. The lowest BCUT2D eigenvalue weighted by Crippen LogP contribution is -2.32. The van der Waals surface area contributed by atoms with Crippen molar-refractivity contribution in [3.8, 4) is 18.0 Å². The Morgan fingerprint density at radius 1 is 1.27 bits per heavy atom. The number of pyridine rings is 1. The Labute approximate surface area is 175 Å². The quantitative estimate of drug-likeness (QED) is 0.325. The monoisotopic (exact) mass is 404 g/mol. The van der Waals surface area contributed by atoms with Gasteiger partial charge in [-0.15, -0.1) is 0 Å². The minimum atomic E-state index is -0.565. The van der Waals surface area contributed by atoms with Crippen LogP contribution in [0.15, 0.2) is 23.2 Å². The summed E-state index contributed by atoms with van der Waals surface area (Å²) in [5.41, 5.74) is 14.8. The molecule has 1 unspecified atom stereocenters. The molecule has 0 saturated carbocycles. The molecule has 9 heteroatoms. The highest BCUT2D eigenvalue weighted by Gasteiger charge is 2.29. The molecule has 9 nitrogen and oxygen atoms in total. The molecule has 2 heterocycles. The van der Waals surface area contributed by atoms with Crippen molar-refractivity contribution < 1.29 is 4.74 Å². The van der Waals surface area contributed by atoms with E-state index in [1.54, 1.807) is 0 Å². The Morgan fingerprint density at radius 2 is 2.07 bits per heavy atom. The average molecular weight is 404 g/mol. The van der Waals surface area contributed by atoms with Crippen molar-refractivity contribution in [3.63, 3.8) is 0 Å². The third-order valence-electron chi connectivity index (χ3n) is 4.88. The van der Waals surface area contributed by atoms with Gasteiger partial charge in [-0.05, 0) is 36.6 Å². The number of nitriles is 2. The van der Waals surface area contributed by atoms with Crippen LogP contribution in [0.1, 0.15) is 54.5 Å². The molecule has 154 valence electrons. The van der Waals surface area contributed by atoms with Gasteiger partial charge in [0.1, 0.15) is 35.1 Å². The number of ether oxygens (including phenoxy) is 1. The van der Waals surface area contributed by atoms with Crippen molar-refractivity contribution in [1.29, 1.82) is 10.5 Å². The van der Waals surface area contributed by atoms with Crippen LogP contribution in [0.3, 0.4) is 0 Å². The number of unbranched alkanes of at least 4 members (excludes halogenated alkanes) is 2. The molecule has 30 heavy (non-hydrogen) atoms. The Balaban J connectivity index is 2.02. The predicted molar refractivity (Wildman–Crippen MR) is 116 cm³/mol. The van der Waals surface area contributed by atoms with Gasteiger partial charge in [0.2, 0.25) is 5.96 Å². The van der Waals surface area contributed by atoms with Gasteiger partial charge in [0.05, 0.1) is 12.3 Å². The van der Waals surface area contributed by atoms with Crippen LogP contribution < -0.4 is 26.8 Å². The maximum atomic E-state index is 9.42. The fraction of sp³-hybridized carbons (Fsp3) is 0.333. The highest BCUT2D eigenvalue weighted by molar-refractivity contribution is 5.98. The first-order valence-corrected chi connectivity index (χ1v) is 9.72. The van der Waals surface area contributed by atoms with Crippen molar-refractivity contribution in [2.24, 2.45) is 4.99 Å². The van der Waals surface area contributed by atoms with Crippen LogP contribution >= 0.6 is 0 Å². The van der Waals surface area contributed by atoms with E-state index in [4.69, 9.17) is 21.5 Å². The Hall–Kier alpha value is -3.98. The minimum Gasteiger partial charge on any atom is -0.493 e. The zero-order valence-corrected chi connectivity index (χ0v) is 17.0. The van der Waals surface area contributed by atoms with E-state index in [0.29, 0.717) is 18.0 Å². The molecule has 6 N–H and O–H groups in total. The van der Waals surface area contributed by atoms with Gasteiger partial charge in [-0.1, -0.05) is 25.8 Å². The largest absolute Gasteiger partial charge is 0.493 e. The van der Waals surface area contributed by atoms with E-state index < -0.39 is 6.04 Å². The molecule has 0 aliphatic carbocycles. The molecular formula is C21H24N8O. The van der Waals surface area contributed by atoms with Crippen LogP contribution in [-0.2, 0) is 0 Å². The summed E-state index contributed by atoms with van der Waals surface area (Å²) >= 11 is 0. The third kappa shape index (κ3) is 4.06. The van der Waals surface area contributed by atoms with E-state index >= 15 is 0 Å². The van der Waals surface area contributed by atoms with E-state index in [1.165, 1.54) is 0 Å². The number of nitrogen functional groups attached to an aromatic ring is 2. The maximum Gasteiger partial charge on any atom is 0.211 e. The molecule has 2 aromatic rings. The molecular weight excluding hydrogens is 380 g/mol. The molecule has 0 amide bonds. The van der Waals surface area contributed by atoms with Crippen molar-refractivity contribution in [2.45, 2.75) is 39.2 Å². The summed E-state index contributed by atoms with van der Waals surface area (Å²) in [6, 6.07) is 7.20. The van der Waals surface area contributed by atoms with Crippen LogP contribution in [0.5, 0.6) is 5.75 Å². The number of nitrogens with one attached hydrogen (secondary N) is 2. The summed E-state index contributed by atoms with van der Waals surface area (Å²) < 4.78 is 5.89. The second-order valence-corrected chi connectivity index (χ2v) is 6.98. The lowest BCUT2D eigenvalue weighted by atomic mass is 9.94. The van der Waals surface area contributed by atoms with Crippen molar-refractivity contribution in [2.75, 3.05) is 23.4 Å². The van der Waals surface area contributed by atoms with Crippen LogP contribution in [0.4, 0.5) is 17.3 Å². The number of hydrogen-bond donors (Lipinski definition) is 4. The van der Waals surface area contributed by atoms with Crippen molar-refractivity contribution >= 4 is 23.3 Å². The van der Waals surface area contributed by atoms with Gasteiger partial charge in [0.15, 0.2) is 6.19 Å². The Morgan fingerprint density at radius 3 is 2.73 bits per heavy atom. The number of hydrogen-bond acceptors (Lipinski definition) is 9. The van der Waals surface area contributed by atoms with Gasteiger partial charge < -0.3 is 21.5 Å². The summed E-state index contributed by atoms with van der Waals surface area (Å²) in [4.78, 5) is 8.83. The number of aliphatic imine (C=N–C) groups is 1. The molecule has 0 radical (unpaired) electrons. The average Bonchev–Trinajstić information content (AvgIpc) is 2.72. The molecule has 1 aromatic carbocycles. The number of anilines is 3. The first-order chi connectivity index (χ1) is 14.5. The second-order valence-electron chi connectivity index (χ2n) is 6.98. The van der Waals surface area contributed by atoms with E-state index in [2.05, 4.69) is 27.5 Å². The molecule has 0 bridgehead atoms. The first kappa shape index (κ1) is 20.7. The van der Waals surface area contributed by atoms with E-state index in [9.17, 15) is 5.26 Å². The summed E-state index contributed by atoms with van der Waals surface area (Å²) in [7, 11) is 0. The fourth-order valence-corrected chi connectivity index (χ4v) is 3.36. The van der Waals surface area contributed by atoms with Crippen molar-refractivity contribution in [1.82, 2.24) is 10.3 Å². The third-order valence-corrected chi connectivity index (χ3v) is 4.88. The zero-order valence-electron chi connectivity index (χ0n) is 17.0. The normalized spacial score (nSPS) is 14.5. The van der Waals surface area contributed by atoms with E-state index in [1.807, 2.05) is 37.4 Å². The van der Waals surface area contributed by atoms with Gasteiger partial charge >= 0.3 is 0 Å². The molecule has 3 rings (SSSR count). The minimum absolute atomic E-state index is 0.0187. The van der Waals surface area contributed by atoms with Crippen molar-refractivity contribution in [3.05, 3.63) is 40.5 Å². The molecule has 1 aliphatic heterocycles. The molecule has 0 fully saturated rings. The highest BCUT2D eigenvalue weighted by atomic mass is 16.5. The molecule has 1 atom stereocenters. The van der Waals surface area contributed by atoms with E-state index in [-0.39, 0.29) is 23.0 Å². The molecule has 0 spiro atoms. The standard InChI is InChI=1S/C21H24N8O/c1-3-4-5-8-30-15-7-6-13(9-12(15)2)18-16-17(24)14(10-22)19(25)28-20(16)29-21(27-18)26-11-23/h6-7,9,18H,3-5,8H2,1-2H3,(H6,24,25,26,27,28,29). The van der Waals surface area contributed by atoms with Crippen LogP contribution in [0.2, 0.25) is 0 Å². The molecule has 1 aromatic heterocycles. The fourth-order valence-electron chi connectivity index (χ4n) is 3.36. The first-order valence-electron chi connectivity index (χ1n) is 9.72. The van der Waals surface area contributed by atoms with Gasteiger partial charge in [0.25, 0.3) is 0 Å². The second kappa shape index (κ2) is 9.01. The van der Waals surface area contributed by atoms with Gasteiger partial charge in [0, 0.05) is 5.56 Å². The topological polar surface area (TPSA) is 158 Å². The van der Waals surface area contributed by atoms with Crippen LogP contribution in [0.25, 0.3) is 0 Å². The van der Waals surface area contributed by atoms with E-state index in [0.717, 1.165) is 36.1 Å². The Kier molecular flexibility index (Phi) is 6.23. The number of nitrogens with zero attached hydrogens (tertiary/aromatic N) is 4. The lowest BCUT2D eigenvalue weighted by Gasteiger charge is -2.26. The number of nitrogens with two attached hydrogens (primary N) is 2. The number of aryl methyl sites for hydroxylation is 1. The summed E-state index contributed by atoms with van der Waals surface area (Å²) in [6.07, 6.45) is 5.11. The van der Waals surface area contributed by atoms with Crippen LogP contribution in [0, 0.1) is 29.7 Å². The summed E-state index contributed by atoms with van der Waals surface area (Å²) in [6.45, 7) is 4.78. The number of aromatic nitrogens is 1. The molecule has 1 aliphatic rings. The number of guanidine groups is 1. The zero-order chi connectivity index (χ0) is 21.7. The number of benzene rings is 1. The summed E-state index contributed by atoms with van der Waals surface area (Å²) in [5, 5.41) is 23.8. The smallest absolute Gasteiger partial charge is 0.211 e.